The van der Waals surface area contributed by atoms with Crippen LogP contribution in [0.5, 0.6) is 5.75 Å². The number of carbonyl (C=O) groups is 1. The van der Waals surface area contributed by atoms with E-state index in [0.717, 1.165) is 12.2 Å². The molecule has 0 unspecified atom stereocenters. The molecule has 0 fully saturated rings. The number of allylic oxidation sites excluding steroid dienone is 2. The summed E-state index contributed by atoms with van der Waals surface area (Å²) in [6, 6.07) is 6.00. The molecule has 0 spiro atoms. The number of rotatable bonds is 1. The summed E-state index contributed by atoms with van der Waals surface area (Å²) in [7, 11) is 0. The largest absolute Gasteiger partial charge is 0.426 e. The maximum Gasteiger partial charge on any atom is 0.308 e. The molecule has 0 bridgehead atoms. The molecule has 0 saturated heterocycles. The van der Waals surface area contributed by atoms with Gasteiger partial charge in [-0.25, -0.2) is 0 Å². The lowest BCUT2D eigenvalue weighted by Crippen LogP contribution is -2.20. The molecule has 2 aliphatic rings. The van der Waals surface area contributed by atoms with E-state index >= 15 is 0 Å². The van der Waals surface area contributed by atoms with Crippen LogP contribution in [0.3, 0.4) is 0 Å². The van der Waals surface area contributed by atoms with Gasteiger partial charge in [-0.05, 0) is 36.5 Å². The molecule has 0 heterocycles. The molecular weight excluding hydrogens is 200 g/mol. The second-order valence-electron chi connectivity index (χ2n) is 4.46. The SMILES string of the molecule is CC(=O)Oc1cccc2c1C1=CCCC[C@@H]12. The third kappa shape index (κ3) is 1.29. The van der Waals surface area contributed by atoms with Crippen molar-refractivity contribution in [2.45, 2.75) is 32.1 Å². The van der Waals surface area contributed by atoms with Crippen molar-refractivity contribution in [3.8, 4) is 5.75 Å². The third-order valence-corrected chi connectivity index (χ3v) is 3.41. The van der Waals surface area contributed by atoms with Gasteiger partial charge in [0.2, 0.25) is 0 Å². The van der Waals surface area contributed by atoms with Crippen molar-refractivity contribution in [2.75, 3.05) is 0 Å². The van der Waals surface area contributed by atoms with Crippen LogP contribution in [0.2, 0.25) is 0 Å². The van der Waals surface area contributed by atoms with E-state index in [0.29, 0.717) is 5.92 Å². The number of fused-ring (bicyclic) bond motifs is 4. The summed E-state index contributed by atoms with van der Waals surface area (Å²) < 4.78 is 5.25. The Morgan fingerprint density at radius 2 is 2.31 bits per heavy atom. The number of hydrogen-bond donors (Lipinski definition) is 0. The predicted molar refractivity (Wildman–Crippen MR) is 62.3 cm³/mol. The van der Waals surface area contributed by atoms with Gasteiger partial charge in [0.25, 0.3) is 0 Å². The molecule has 2 nitrogen and oxygen atoms in total. The van der Waals surface area contributed by atoms with E-state index < -0.39 is 0 Å². The fraction of sp³-hybridized carbons (Fsp3) is 0.357. The van der Waals surface area contributed by atoms with Gasteiger partial charge in [0, 0.05) is 18.4 Å². The van der Waals surface area contributed by atoms with Crippen LogP contribution in [0.15, 0.2) is 24.3 Å². The van der Waals surface area contributed by atoms with Crippen LogP contribution < -0.4 is 4.74 Å². The molecule has 1 aromatic rings. The van der Waals surface area contributed by atoms with Crippen molar-refractivity contribution in [1.82, 2.24) is 0 Å². The van der Waals surface area contributed by atoms with Crippen molar-refractivity contribution in [1.29, 1.82) is 0 Å². The lowest BCUT2D eigenvalue weighted by Gasteiger charge is -2.37. The highest BCUT2D eigenvalue weighted by molar-refractivity contribution is 5.89. The van der Waals surface area contributed by atoms with Crippen molar-refractivity contribution >= 4 is 11.5 Å². The molecule has 1 atom stereocenters. The van der Waals surface area contributed by atoms with Gasteiger partial charge in [0.05, 0.1) is 0 Å². The van der Waals surface area contributed by atoms with E-state index in [1.807, 2.05) is 12.1 Å². The zero-order valence-electron chi connectivity index (χ0n) is 9.32. The van der Waals surface area contributed by atoms with E-state index in [1.54, 1.807) is 0 Å². The van der Waals surface area contributed by atoms with Crippen LogP contribution in [-0.2, 0) is 4.79 Å². The van der Waals surface area contributed by atoms with Gasteiger partial charge in [-0.1, -0.05) is 18.2 Å². The third-order valence-electron chi connectivity index (χ3n) is 3.41. The Morgan fingerprint density at radius 1 is 1.44 bits per heavy atom. The lowest BCUT2D eigenvalue weighted by atomic mass is 9.67. The molecule has 0 radical (unpaired) electrons. The molecule has 3 rings (SSSR count). The highest BCUT2D eigenvalue weighted by atomic mass is 16.5. The number of benzene rings is 1. The average Bonchev–Trinajstić information content (AvgIpc) is 2.24. The van der Waals surface area contributed by atoms with Crippen LogP contribution >= 0.6 is 0 Å². The Bertz CT molecular complexity index is 486. The van der Waals surface area contributed by atoms with Gasteiger partial charge in [-0.3, -0.25) is 4.79 Å². The monoisotopic (exact) mass is 214 g/mol. The summed E-state index contributed by atoms with van der Waals surface area (Å²) in [6.45, 7) is 1.45. The molecular formula is C14H14O2. The van der Waals surface area contributed by atoms with Crippen LogP contribution in [0.25, 0.3) is 5.57 Å². The van der Waals surface area contributed by atoms with Gasteiger partial charge in [-0.15, -0.1) is 0 Å². The normalized spacial score (nSPS) is 21.3. The van der Waals surface area contributed by atoms with E-state index in [-0.39, 0.29) is 5.97 Å². The van der Waals surface area contributed by atoms with Crippen LogP contribution in [0.4, 0.5) is 0 Å². The van der Waals surface area contributed by atoms with E-state index in [2.05, 4.69) is 12.1 Å². The quantitative estimate of drug-likeness (QED) is 0.529. The maximum absolute atomic E-state index is 11.0. The minimum atomic E-state index is -0.242. The van der Waals surface area contributed by atoms with Gasteiger partial charge in [0.15, 0.2) is 0 Å². The topological polar surface area (TPSA) is 26.3 Å². The summed E-state index contributed by atoms with van der Waals surface area (Å²) in [5, 5.41) is 0. The summed E-state index contributed by atoms with van der Waals surface area (Å²) >= 11 is 0. The highest BCUT2D eigenvalue weighted by Crippen LogP contribution is 2.54. The van der Waals surface area contributed by atoms with E-state index in [9.17, 15) is 4.79 Å². The lowest BCUT2D eigenvalue weighted by molar-refractivity contribution is -0.131. The molecule has 0 aromatic heterocycles. The Labute approximate surface area is 94.9 Å². The molecule has 2 aliphatic carbocycles. The summed E-state index contributed by atoms with van der Waals surface area (Å²) in [6.07, 6.45) is 5.96. The van der Waals surface area contributed by atoms with Crippen LogP contribution in [0, 0.1) is 0 Å². The molecule has 82 valence electrons. The first-order valence-electron chi connectivity index (χ1n) is 5.79. The molecule has 16 heavy (non-hydrogen) atoms. The zero-order valence-corrected chi connectivity index (χ0v) is 9.32. The number of hydrogen-bond acceptors (Lipinski definition) is 2. The molecule has 1 aromatic carbocycles. The number of ether oxygens (including phenoxy) is 1. The van der Waals surface area contributed by atoms with Crippen LogP contribution in [-0.4, -0.2) is 5.97 Å². The first-order valence-corrected chi connectivity index (χ1v) is 5.79. The van der Waals surface area contributed by atoms with Crippen molar-refractivity contribution < 1.29 is 9.53 Å². The second kappa shape index (κ2) is 3.48. The fourth-order valence-corrected chi connectivity index (χ4v) is 2.79. The van der Waals surface area contributed by atoms with E-state index in [4.69, 9.17) is 4.74 Å². The van der Waals surface area contributed by atoms with Crippen molar-refractivity contribution in [3.63, 3.8) is 0 Å². The first kappa shape index (κ1) is 9.64. The standard InChI is InChI=1S/C14H14O2/c1-9(15)16-13-8-4-7-12-10-5-2-3-6-11(10)14(12)13/h4,6-8,10H,2-3,5H2,1H3/t10-/m0/s1. The Kier molecular flexibility index (Phi) is 2.10. The highest BCUT2D eigenvalue weighted by Gasteiger charge is 2.35. The number of esters is 1. The Balaban J connectivity index is 2.06. The number of carbonyl (C=O) groups excluding carboxylic acids is 1. The first-order chi connectivity index (χ1) is 7.77. The fourth-order valence-electron chi connectivity index (χ4n) is 2.79. The molecule has 0 amide bonds. The molecule has 2 heteroatoms. The smallest absolute Gasteiger partial charge is 0.308 e. The Hall–Kier alpha value is -1.57. The minimum absolute atomic E-state index is 0.242. The van der Waals surface area contributed by atoms with Gasteiger partial charge >= 0.3 is 5.97 Å². The van der Waals surface area contributed by atoms with Gasteiger partial charge in [-0.2, -0.15) is 0 Å². The van der Waals surface area contributed by atoms with Gasteiger partial charge < -0.3 is 4.74 Å². The summed E-state index contributed by atoms with van der Waals surface area (Å²) in [5.41, 5.74) is 3.91. The molecule has 0 N–H and O–H groups in total. The van der Waals surface area contributed by atoms with E-state index in [1.165, 1.54) is 36.5 Å². The average molecular weight is 214 g/mol. The minimum Gasteiger partial charge on any atom is -0.426 e. The summed E-state index contributed by atoms with van der Waals surface area (Å²) in [5.74, 6) is 1.09. The zero-order chi connectivity index (χ0) is 11.1. The van der Waals surface area contributed by atoms with Gasteiger partial charge in [0.1, 0.15) is 5.75 Å². The van der Waals surface area contributed by atoms with Crippen molar-refractivity contribution in [3.05, 3.63) is 35.4 Å². The Morgan fingerprint density at radius 3 is 3.12 bits per heavy atom. The van der Waals surface area contributed by atoms with Crippen LogP contribution in [0.1, 0.15) is 43.2 Å². The molecule has 0 saturated carbocycles. The molecule has 0 aliphatic heterocycles. The van der Waals surface area contributed by atoms with Crippen molar-refractivity contribution in [2.24, 2.45) is 0 Å². The predicted octanol–water partition coefficient (Wildman–Crippen LogP) is 3.28. The second-order valence-corrected chi connectivity index (χ2v) is 4.46. The maximum atomic E-state index is 11.0. The summed E-state index contributed by atoms with van der Waals surface area (Å²) in [4.78, 5) is 11.0.